The molecule has 1 rings (SSSR count). The zero-order valence-electron chi connectivity index (χ0n) is 4.53. The van der Waals surface area contributed by atoms with Gasteiger partial charge in [0, 0.05) is 0 Å². The van der Waals surface area contributed by atoms with Crippen LogP contribution in [0.2, 0.25) is 0 Å². The molecule has 0 bridgehead atoms. The van der Waals surface area contributed by atoms with E-state index in [9.17, 15) is 13.2 Å². The second-order valence-electron chi connectivity index (χ2n) is 1.41. The van der Waals surface area contributed by atoms with Crippen molar-refractivity contribution in [3.63, 3.8) is 0 Å². The van der Waals surface area contributed by atoms with Crippen LogP contribution in [0.3, 0.4) is 0 Å². The third-order valence-corrected chi connectivity index (χ3v) is 0.834. The molecule has 2 radical (unpaired) electrons. The van der Waals surface area contributed by atoms with Crippen molar-refractivity contribution in [2.75, 3.05) is 0 Å². The molecule has 0 atom stereocenters. The Morgan fingerprint density at radius 1 is 1.20 bits per heavy atom. The number of hydrogen-bond acceptors (Lipinski definition) is 2. The maximum absolute atomic E-state index is 12.1. The summed E-state index contributed by atoms with van der Waals surface area (Å²) in [6.45, 7) is 0. The van der Waals surface area contributed by atoms with E-state index in [2.05, 4.69) is 17.1 Å². The van der Waals surface area contributed by atoms with Crippen LogP contribution in [0.5, 0.6) is 5.95 Å². The van der Waals surface area contributed by atoms with Gasteiger partial charge in [-0.15, -0.1) is 0 Å². The van der Waals surface area contributed by atoms with Crippen molar-refractivity contribution >= 4 is 8.05 Å². The molecule has 1 aromatic rings. The van der Waals surface area contributed by atoms with Gasteiger partial charge in [-0.1, -0.05) is 0 Å². The zero-order valence-corrected chi connectivity index (χ0v) is 4.53. The molecular formula is C4BF3O2. The summed E-state index contributed by atoms with van der Waals surface area (Å²) < 4.78 is 43.3. The first-order valence-corrected chi connectivity index (χ1v) is 2.17. The lowest BCUT2D eigenvalue weighted by Gasteiger charge is -1.88. The molecular weight excluding hydrogens is 148 g/mol. The van der Waals surface area contributed by atoms with Crippen LogP contribution in [0.25, 0.3) is 0 Å². The molecule has 0 aliphatic heterocycles. The van der Waals surface area contributed by atoms with Crippen LogP contribution in [-0.2, 0) is 0 Å². The predicted molar refractivity (Wildman–Crippen MR) is 25.0 cm³/mol. The minimum Gasteiger partial charge on any atom is -0.541 e. The van der Waals surface area contributed by atoms with Gasteiger partial charge in [-0.3, -0.25) is 0 Å². The molecule has 0 saturated carbocycles. The van der Waals surface area contributed by atoms with Crippen LogP contribution < -0.4 is 4.65 Å². The quantitative estimate of drug-likeness (QED) is 0.557. The molecule has 0 amide bonds. The molecule has 2 nitrogen and oxygen atoms in total. The van der Waals surface area contributed by atoms with Gasteiger partial charge in [-0.25, -0.2) is 0 Å². The van der Waals surface area contributed by atoms with Gasteiger partial charge in [-0.2, -0.15) is 13.2 Å². The first kappa shape index (κ1) is 7.05. The van der Waals surface area contributed by atoms with Gasteiger partial charge < -0.3 is 9.07 Å². The second-order valence-corrected chi connectivity index (χ2v) is 1.41. The average molecular weight is 148 g/mol. The van der Waals surface area contributed by atoms with E-state index >= 15 is 0 Å². The normalized spacial score (nSPS) is 9.90. The van der Waals surface area contributed by atoms with Gasteiger partial charge in [-0.05, 0) is 0 Å². The molecule has 10 heavy (non-hydrogen) atoms. The van der Waals surface area contributed by atoms with Crippen LogP contribution >= 0.6 is 0 Å². The number of furan rings is 1. The predicted octanol–water partition coefficient (Wildman–Crippen LogP) is 1.16. The van der Waals surface area contributed by atoms with Gasteiger partial charge in [0.15, 0.2) is 0 Å². The molecule has 1 heterocycles. The Morgan fingerprint density at radius 3 is 2.00 bits per heavy atom. The van der Waals surface area contributed by atoms with Crippen LogP contribution in [0.1, 0.15) is 0 Å². The SMILES string of the molecule is [B]Oc1oc(F)c(F)c1F. The van der Waals surface area contributed by atoms with E-state index in [1.165, 1.54) is 0 Å². The third kappa shape index (κ3) is 0.852. The van der Waals surface area contributed by atoms with E-state index in [0.717, 1.165) is 0 Å². The molecule has 0 aliphatic rings. The standard InChI is InChI=1S/C4BF3O2/c5-10-4-2(7)1(6)3(8)9-4. The molecule has 6 heteroatoms. The Kier molecular flexibility index (Phi) is 1.61. The lowest BCUT2D eigenvalue weighted by Crippen LogP contribution is -1.85. The molecule has 0 N–H and O–H groups in total. The highest BCUT2D eigenvalue weighted by Crippen LogP contribution is 2.23. The number of rotatable bonds is 1. The highest BCUT2D eigenvalue weighted by molar-refractivity contribution is 5.99. The number of hydrogen-bond donors (Lipinski definition) is 0. The van der Waals surface area contributed by atoms with Crippen molar-refractivity contribution in [3.8, 4) is 5.95 Å². The van der Waals surface area contributed by atoms with Crippen molar-refractivity contribution in [1.29, 1.82) is 0 Å². The Labute approximate surface area is 55.0 Å². The van der Waals surface area contributed by atoms with Crippen molar-refractivity contribution < 1.29 is 22.2 Å². The van der Waals surface area contributed by atoms with E-state index in [-0.39, 0.29) is 0 Å². The monoisotopic (exact) mass is 148 g/mol. The van der Waals surface area contributed by atoms with Gasteiger partial charge >= 0.3 is 20.0 Å². The first-order valence-electron chi connectivity index (χ1n) is 2.17. The van der Waals surface area contributed by atoms with E-state index in [4.69, 9.17) is 0 Å². The van der Waals surface area contributed by atoms with E-state index in [1.54, 1.807) is 0 Å². The lowest BCUT2D eigenvalue weighted by atomic mass is 10.5. The molecule has 1 aromatic heterocycles. The van der Waals surface area contributed by atoms with Crippen molar-refractivity contribution in [1.82, 2.24) is 0 Å². The highest BCUT2D eigenvalue weighted by atomic mass is 19.2. The van der Waals surface area contributed by atoms with E-state index < -0.39 is 23.6 Å². The molecule has 0 aromatic carbocycles. The minimum atomic E-state index is -1.74. The summed E-state index contributed by atoms with van der Waals surface area (Å²) in [6, 6.07) is -1.68. The number of halogens is 3. The first-order chi connectivity index (χ1) is 4.66. The molecule has 52 valence electrons. The summed E-state index contributed by atoms with van der Waals surface area (Å²) in [5.41, 5.74) is 0. The molecule has 0 fully saturated rings. The summed E-state index contributed by atoms with van der Waals surface area (Å²) in [6.07, 6.45) is 0. The van der Waals surface area contributed by atoms with Crippen molar-refractivity contribution in [2.24, 2.45) is 0 Å². The van der Waals surface area contributed by atoms with Gasteiger partial charge in [0.2, 0.25) is 11.6 Å². The maximum Gasteiger partial charge on any atom is 0.378 e. The van der Waals surface area contributed by atoms with Crippen LogP contribution in [0.15, 0.2) is 4.42 Å². The largest absolute Gasteiger partial charge is 0.541 e. The van der Waals surface area contributed by atoms with Crippen molar-refractivity contribution in [3.05, 3.63) is 17.6 Å². The summed E-state index contributed by atoms with van der Waals surface area (Å²) in [4.78, 5) is 0. The van der Waals surface area contributed by atoms with Gasteiger partial charge in [0.1, 0.15) is 0 Å². The van der Waals surface area contributed by atoms with Crippen LogP contribution in [-0.4, -0.2) is 8.05 Å². The highest BCUT2D eigenvalue weighted by Gasteiger charge is 2.20. The molecule has 0 unspecified atom stereocenters. The zero-order chi connectivity index (χ0) is 7.72. The van der Waals surface area contributed by atoms with Gasteiger partial charge in [0.25, 0.3) is 0 Å². The average Bonchev–Trinajstić information content (AvgIpc) is 2.17. The second kappa shape index (κ2) is 2.28. The Hall–Kier alpha value is -1.07. The molecule has 0 saturated heterocycles. The Balaban J connectivity index is 3.17. The fraction of sp³-hybridized carbons (Fsp3) is 0. The van der Waals surface area contributed by atoms with Crippen LogP contribution in [0, 0.1) is 17.6 Å². The third-order valence-electron chi connectivity index (χ3n) is 0.834. The molecule has 0 aliphatic carbocycles. The summed E-state index contributed by atoms with van der Waals surface area (Å²) >= 11 is 0. The maximum atomic E-state index is 12.1. The fourth-order valence-electron chi connectivity index (χ4n) is 0.423. The molecule has 0 spiro atoms. The Morgan fingerprint density at radius 2 is 1.80 bits per heavy atom. The summed E-state index contributed by atoms with van der Waals surface area (Å²) in [5, 5.41) is 0. The lowest BCUT2D eigenvalue weighted by molar-refractivity contribution is 0.285. The topological polar surface area (TPSA) is 22.4 Å². The van der Waals surface area contributed by atoms with Crippen LogP contribution in [0.4, 0.5) is 13.2 Å². The summed E-state index contributed by atoms with van der Waals surface area (Å²) in [5.74, 6) is -4.31. The van der Waals surface area contributed by atoms with Gasteiger partial charge in [0.05, 0.1) is 0 Å². The van der Waals surface area contributed by atoms with Crippen molar-refractivity contribution in [2.45, 2.75) is 0 Å². The fourth-order valence-corrected chi connectivity index (χ4v) is 0.423. The van der Waals surface area contributed by atoms with E-state index in [0.29, 0.717) is 0 Å². The Bertz CT molecular complexity index is 247. The summed E-state index contributed by atoms with van der Waals surface area (Å²) in [7, 11) is 4.37. The minimum absolute atomic E-state index is 1.00. The van der Waals surface area contributed by atoms with E-state index in [1.807, 2.05) is 0 Å². The smallest absolute Gasteiger partial charge is 0.378 e.